The van der Waals surface area contributed by atoms with Crippen LogP contribution in [0.15, 0.2) is 66.3 Å². The van der Waals surface area contributed by atoms with E-state index < -0.39 is 11.8 Å². The van der Waals surface area contributed by atoms with Gasteiger partial charge in [-0.15, -0.1) is 0 Å². The summed E-state index contributed by atoms with van der Waals surface area (Å²) in [4.78, 5) is 23.9. The lowest BCUT2D eigenvalue weighted by Gasteiger charge is -2.13. The van der Waals surface area contributed by atoms with Gasteiger partial charge in [0, 0.05) is 10.6 Å². The van der Waals surface area contributed by atoms with E-state index in [0.717, 1.165) is 5.56 Å². The van der Waals surface area contributed by atoms with Crippen LogP contribution >= 0.6 is 11.6 Å². The molecule has 0 aliphatic rings. The van der Waals surface area contributed by atoms with Crippen molar-refractivity contribution in [3.63, 3.8) is 0 Å². The molecule has 2 aromatic carbocycles. The highest BCUT2D eigenvalue weighted by Gasteiger charge is 2.16. The fraction of sp³-hybridized carbons (Fsp3) is 0.150. The van der Waals surface area contributed by atoms with Crippen molar-refractivity contribution in [3.05, 3.63) is 77.3 Å². The van der Waals surface area contributed by atoms with E-state index in [1.807, 2.05) is 30.3 Å². The molecule has 0 spiro atoms. The van der Waals surface area contributed by atoms with Crippen molar-refractivity contribution in [2.45, 2.75) is 13.0 Å². The summed E-state index contributed by atoms with van der Waals surface area (Å²) in [5.41, 5.74) is 3.64. The summed E-state index contributed by atoms with van der Waals surface area (Å²) >= 11 is 5.97. The van der Waals surface area contributed by atoms with Crippen molar-refractivity contribution in [2.24, 2.45) is 5.10 Å². The molecule has 140 valence electrons. The number of halogens is 1. The van der Waals surface area contributed by atoms with Crippen molar-refractivity contribution in [1.29, 1.82) is 0 Å². The molecule has 1 atom stereocenters. The Labute approximate surface area is 162 Å². The van der Waals surface area contributed by atoms with Crippen molar-refractivity contribution >= 4 is 29.6 Å². The molecule has 0 saturated heterocycles. The van der Waals surface area contributed by atoms with E-state index in [9.17, 15) is 9.59 Å². The third-order valence-corrected chi connectivity index (χ3v) is 3.79. The molecule has 2 rings (SSSR count). The van der Waals surface area contributed by atoms with Crippen LogP contribution in [0.4, 0.5) is 0 Å². The number of hydrazone groups is 1. The summed E-state index contributed by atoms with van der Waals surface area (Å²) < 4.78 is 5.49. The lowest BCUT2D eigenvalue weighted by Crippen LogP contribution is -2.39. The van der Waals surface area contributed by atoms with Gasteiger partial charge in [-0.2, -0.15) is 5.10 Å². The second kappa shape index (κ2) is 10.1. The third-order valence-electron chi connectivity index (χ3n) is 3.55. The number of carbonyl (C=O) groups excluding carboxylic acids is 2. The van der Waals surface area contributed by atoms with E-state index in [-0.39, 0.29) is 6.04 Å². The molecule has 0 bridgehead atoms. The molecular formula is C20H20ClN3O3. The Kier molecular flexibility index (Phi) is 7.58. The Morgan fingerprint density at radius 2 is 1.96 bits per heavy atom. The summed E-state index contributed by atoms with van der Waals surface area (Å²) in [7, 11) is 0. The number of nitrogens with zero attached hydrogens (tertiary/aromatic N) is 1. The maximum absolute atomic E-state index is 12.0. The molecule has 0 aliphatic carbocycles. The molecule has 0 heterocycles. The largest absolute Gasteiger partial charge is 0.489 e. The number of amides is 2. The van der Waals surface area contributed by atoms with Gasteiger partial charge in [0.25, 0.3) is 0 Å². The van der Waals surface area contributed by atoms with Gasteiger partial charge in [-0.1, -0.05) is 54.6 Å². The van der Waals surface area contributed by atoms with E-state index in [4.69, 9.17) is 16.3 Å². The molecule has 0 fully saturated rings. The van der Waals surface area contributed by atoms with Gasteiger partial charge in [-0.25, -0.2) is 5.43 Å². The Morgan fingerprint density at radius 1 is 1.22 bits per heavy atom. The van der Waals surface area contributed by atoms with E-state index in [0.29, 0.717) is 22.9 Å². The van der Waals surface area contributed by atoms with Gasteiger partial charge >= 0.3 is 11.8 Å². The molecule has 0 aromatic heterocycles. The molecule has 0 unspecified atom stereocenters. The summed E-state index contributed by atoms with van der Waals surface area (Å²) in [5, 5.41) is 6.90. The molecule has 27 heavy (non-hydrogen) atoms. The van der Waals surface area contributed by atoms with E-state index in [1.165, 1.54) is 6.21 Å². The summed E-state index contributed by atoms with van der Waals surface area (Å²) in [6.45, 7) is 5.69. The van der Waals surface area contributed by atoms with Crippen molar-refractivity contribution in [1.82, 2.24) is 10.7 Å². The van der Waals surface area contributed by atoms with E-state index >= 15 is 0 Å². The third kappa shape index (κ3) is 6.27. The fourth-order valence-corrected chi connectivity index (χ4v) is 2.38. The topological polar surface area (TPSA) is 79.8 Å². The normalized spacial score (nSPS) is 11.6. The number of carbonyl (C=O) groups is 2. The summed E-state index contributed by atoms with van der Waals surface area (Å²) in [6, 6.07) is 14.0. The first-order valence-electron chi connectivity index (χ1n) is 8.23. The monoisotopic (exact) mass is 385 g/mol. The van der Waals surface area contributed by atoms with Crippen LogP contribution in [-0.4, -0.2) is 24.6 Å². The summed E-state index contributed by atoms with van der Waals surface area (Å²) in [5.74, 6) is -1.12. The van der Waals surface area contributed by atoms with E-state index in [2.05, 4.69) is 22.4 Å². The molecule has 2 amide bonds. The Hall–Kier alpha value is -3.12. The maximum atomic E-state index is 12.0. The number of benzene rings is 2. The first-order valence-corrected chi connectivity index (χ1v) is 8.61. The first-order chi connectivity index (χ1) is 13.0. The van der Waals surface area contributed by atoms with Gasteiger partial charge < -0.3 is 10.1 Å². The van der Waals surface area contributed by atoms with Crippen molar-refractivity contribution in [3.8, 4) is 5.75 Å². The lowest BCUT2D eigenvalue weighted by atomic mass is 10.1. The molecule has 7 heteroatoms. The lowest BCUT2D eigenvalue weighted by molar-refractivity contribution is -0.139. The average Bonchev–Trinajstić information content (AvgIpc) is 2.67. The number of hydrogen-bond acceptors (Lipinski definition) is 4. The van der Waals surface area contributed by atoms with Gasteiger partial charge in [-0.3, -0.25) is 9.59 Å². The minimum absolute atomic E-state index is 0.305. The van der Waals surface area contributed by atoms with Crippen LogP contribution in [-0.2, 0) is 9.59 Å². The Bertz CT molecular complexity index is 838. The SMILES string of the molecule is C=CCOc1ccc(Cl)cc1/C=N\NC(=O)C(=O)N[C@H](C)c1ccccc1. The highest BCUT2D eigenvalue weighted by Crippen LogP contribution is 2.21. The van der Waals surface area contributed by atoms with Crippen molar-refractivity contribution in [2.75, 3.05) is 6.61 Å². The molecular weight excluding hydrogens is 366 g/mol. The van der Waals surface area contributed by atoms with Crippen LogP contribution in [0.2, 0.25) is 5.02 Å². The zero-order chi connectivity index (χ0) is 19.6. The van der Waals surface area contributed by atoms with Crippen LogP contribution in [0, 0.1) is 0 Å². The second-order valence-electron chi connectivity index (χ2n) is 5.59. The van der Waals surface area contributed by atoms with Gasteiger partial charge in [0.15, 0.2) is 0 Å². The summed E-state index contributed by atoms with van der Waals surface area (Å²) in [6.07, 6.45) is 2.96. The van der Waals surface area contributed by atoms with Gasteiger partial charge in [0.05, 0.1) is 12.3 Å². The fourth-order valence-electron chi connectivity index (χ4n) is 2.20. The van der Waals surface area contributed by atoms with Crippen LogP contribution < -0.4 is 15.5 Å². The Morgan fingerprint density at radius 3 is 2.67 bits per heavy atom. The zero-order valence-electron chi connectivity index (χ0n) is 14.8. The number of rotatable bonds is 7. The van der Waals surface area contributed by atoms with Crippen LogP contribution in [0.1, 0.15) is 24.1 Å². The zero-order valence-corrected chi connectivity index (χ0v) is 15.6. The molecule has 2 aromatic rings. The van der Waals surface area contributed by atoms with Crippen LogP contribution in [0.3, 0.4) is 0 Å². The smallest absolute Gasteiger partial charge is 0.329 e. The second-order valence-corrected chi connectivity index (χ2v) is 6.02. The maximum Gasteiger partial charge on any atom is 0.329 e. The molecule has 2 N–H and O–H groups in total. The van der Waals surface area contributed by atoms with Gasteiger partial charge in [0.2, 0.25) is 0 Å². The highest BCUT2D eigenvalue weighted by molar-refractivity contribution is 6.35. The minimum atomic E-state index is -0.871. The van der Waals surface area contributed by atoms with Gasteiger partial charge in [-0.05, 0) is 30.7 Å². The minimum Gasteiger partial charge on any atom is -0.489 e. The van der Waals surface area contributed by atoms with E-state index in [1.54, 1.807) is 31.2 Å². The predicted molar refractivity (Wildman–Crippen MR) is 106 cm³/mol. The molecule has 0 aliphatic heterocycles. The highest BCUT2D eigenvalue weighted by atomic mass is 35.5. The first kappa shape index (κ1) is 20.2. The molecule has 0 saturated carbocycles. The predicted octanol–water partition coefficient (Wildman–Crippen LogP) is 3.23. The van der Waals surface area contributed by atoms with Gasteiger partial charge in [0.1, 0.15) is 12.4 Å². The number of nitrogens with one attached hydrogen (secondary N) is 2. The number of hydrogen-bond donors (Lipinski definition) is 2. The average molecular weight is 386 g/mol. The van der Waals surface area contributed by atoms with Crippen LogP contribution in [0.25, 0.3) is 0 Å². The van der Waals surface area contributed by atoms with Crippen LogP contribution in [0.5, 0.6) is 5.75 Å². The number of ether oxygens (including phenoxy) is 1. The quantitative estimate of drug-likeness (QED) is 0.332. The van der Waals surface area contributed by atoms with Crippen molar-refractivity contribution < 1.29 is 14.3 Å². The Balaban J connectivity index is 1.95. The molecule has 6 nitrogen and oxygen atoms in total. The standard InChI is InChI=1S/C20H20ClN3O3/c1-3-11-27-18-10-9-17(21)12-16(18)13-22-24-20(26)19(25)23-14(2)15-7-5-4-6-8-15/h3-10,12-14H,1,11H2,2H3,(H,23,25)(H,24,26)/b22-13-/t14-/m1/s1. The molecule has 0 radical (unpaired) electrons.